The summed E-state index contributed by atoms with van der Waals surface area (Å²) in [6.07, 6.45) is 2.11. The molecular formula is C30H27NO8S. The van der Waals surface area contributed by atoms with E-state index in [9.17, 15) is 27.7 Å². The molecule has 0 unspecified atom stereocenters. The number of hydrogen-bond acceptors (Lipinski definition) is 7. The molecule has 0 fully saturated rings. The van der Waals surface area contributed by atoms with Crippen LogP contribution in [0.25, 0.3) is 38.2 Å². The number of fused-ring (bicyclic) bond motifs is 4. The molecule has 2 aromatic heterocycles. The molecule has 5 aromatic rings. The topological polar surface area (TPSA) is 134 Å². The number of aromatic nitrogens is 1. The molecule has 0 saturated carbocycles. The lowest BCUT2D eigenvalue weighted by atomic mass is 9.97. The standard InChI is InChI=1S/C28H23NO3.C2H4O5S/c1-16-11-22-13-26-24-15-25(19-5-7-20(8-6-19)28(30)31)27(32-4)14-21(24)9-10-29(26)18(3)23(22)12-17(16)2;1-2(3)7-8(4,5)6/h5-15H,1-4H3;1H3,(H,4,5,6). The highest BCUT2D eigenvalue weighted by Crippen LogP contribution is 2.36. The Morgan fingerprint density at radius 1 is 0.875 bits per heavy atom. The number of carbonyl (C=O) groups excluding carboxylic acids is 1. The molecule has 206 valence electrons. The van der Waals surface area contributed by atoms with Crippen LogP contribution in [0.5, 0.6) is 5.75 Å². The number of rotatable bonds is 4. The molecule has 0 spiro atoms. The highest BCUT2D eigenvalue weighted by Gasteiger charge is 2.18. The van der Waals surface area contributed by atoms with Gasteiger partial charge in [0.2, 0.25) is 5.52 Å². The lowest BCUT2D eigenvalue weighted by Gasteiger charge is -2.12. The third-order valence-electron chi connectivity index (χ3n) is 6.68. The molecule has 0 atom stereocenters. The van der Waals surface area contributed by atoms with Crippen LogP contribution >= 0.6 is 0 Å². The Morgan fingerprint density at radius 2 is 1.52 bits per heavy atom. The van der Waals surface area contributed by atoms with Crippen LogP contribution in [0, 0.1) is 20.8 Å². The number of carboxylic acid groups (broad SMARTS) is 1. The summed E-state index contributed by atoms with van der Waals surface area (Å²) in [5.74, 6) is -1.30. The summed E-state index contributed by atoms with van der Waals surface area (Å²) >= 11 is 0. The van der Waals surface area contributed by atoms with Gasteiger partial charge in [-0.2, -0.15) is 4.40 Å². The van der Waals surface area contributed by atoms with E-state index in [1.807, 2.05) is 12.1 Å². The van der Waals surface area contributed by atoms with Crippen LogP contribution in [0.4, 0.5) is 0 Å². The second-order valence-corrected chi connectivity index (χ2v) is 10.3. The molecule has 5 rings (SSSR count). The molecule has 0 radical (unpaired) electrons. The second kappa shape index (κ2) is 10.9. The van der Waals surface area contributed by atoms with Crippen LogP contribution in [0.2, 0.25) is 0 Å². The molecule has 1 N–H and O–H groups in total. The number of ether oxygens (including phenoxy) is 1. The zero-order valence-electron chi connectivity index (χ0n) is 22.5. The monoisotopic (exact) mass is 561 g/mol. The lowest BCUT2D eigenvalue weighted by Crippen LogP contribution is -2.25. The maximum absolute atomic E-state index is 11.2. The van der Waals surface area contributed by atoms with E-state index in [-0.39, 0.29) is 5.56 Å². The predicted octanol–water partition coefficient (Wildman–Crippen LogP) is 5.04. The zero-order valence-corrected chi connectivity index (χ0v) is 23.3. The van der Waals surface area contributed by atoms with Gasteiger partial charge in [0.25, 0.3) is 10.4 Å². The van der Waals surface area contributed by atoms with Gasteiger partial charge in [-0.15, -0.1) is 0 Å². The normalized spacial score (nSPS) is 11.2. The van der Waals surface area contributed by atoms with Gasteiger partial charge in [0.15, 0.2) is 11.9 Å². The van der Waals surface area contributed by atoms with E-state index in [0.717, 1.165) is 40.1 Å². The summed E-state index contributed by atoms with van der Waals surface area (Å²) in [7, 11) is -3.16. The Balaban J connectivity index is 0.000000406. The van der Waals surface area contributed by atoms with Gasteiger partial charge in [0, 0.05) is 36.9 Å². The van der Waals surface area contributed by atoms with Crippen LogP contribution < -0.4 is 9.14 Å². The number of aromatic carboxylic acids is 1. The molecule has 10 heteroatoms. The highest BCUT2D eigenvalue weighted by atomic mass is 32.3. The zero-order chi connectivity index (χ0) is 29.4. The van der Waals surface area contributed by atoms with Crippen molar-refractivity contribution in [3.05, 3.63) is 89.2 Å². The minimum absolute atomic E-state index is 0.266. The van der Waals surface area contributed by atoms with Crippen molar-refractivity contribution in [3.8, 4) is 16.9 Å². The Labute approximate surface area is 231 Å². The van der Waals surface area contributed by atoms with Crippen molar-refractivity contribution < 1.29 is 41.0 Å². The maximum atomic E-state index is 11.2. The fourth-order valence-electron chi connectivity index (χ4n) is 4.64. The average molecular weight is 562 g/mol. The minimum atomic E-state index is -4.82. The summed E-state index contributed by atoms with van der Waals surface area (Å²) in [5.41, 5.74) is 7.01. The van der Waals surface area contributed by atoms with Crippen LogP contribution in [0.3, 0.4) is 0 Å². The molecule has 0 bridgehead atoms. The first kappa shape index (κ1) is 28.5. The van der Waals surface area contributed by atoms with Crippen LogP contribution in [0.1, 0.15) is 34.1 Å². The van der Waals surface area contributed by atoms with Crippen LogP contribution in [-0.2, 0) is 19.4 Å². The smallest absolute Gasteiger partial charge is 0.335 e. The number of hydrogen-bond donors (Lipinski definition) is 1. The van der Waals surface area contributed by atoms with E-state index in [1.165, 1.54) is 27.6 Å². The largest absolute Gasteiger partial charge is 0.716 e. The van der Waals surface area contributed by atoms with Crippen molar-refractivity contribution in [1.29, 1.82) is 0 Å². The van der Waals surface area contributed by atoms with Crippen molar-refractivity contribution >= 4 is 49.4 Å². The van der Waals surface area contributed by atoms with E-state index >= 15 is 0 Å². The Hall–Kier alpha value is -4.54. The van der Waals surface area contributed by atoms with Crippen molar-refractivity contribution in [2.75, 3.05) is 7.11 Å². The molecule has 3 aromatic carbocycles. The van der Waals surface area contributed by atoms with Gasteiger partial charge in [-0.25, -0.2) is 13.2 Å². The van der Waals surface area contributed by atoms with Crippen molar-refractivity contribution in [2.24, 2.45) is 0 Å². The van der Waals surface area contributed by atoms with Crippen LogP contribution in [0.15, 0.2) is 66.9 Å². The van der Waals surface area contributed by atoms with Gasteiger partial charge in [0.1, 0.15) is 5.75 Å². The third-order valence-corrected chi connectivity index (χ3v) is 7.12. The lowest BCUT2D eigenvalue weighted by molar-refractivity contribution is -0.516. The fraction of sp³-hybridized carbons (Fsp3) is 0.167. The fourth-order valence-corrected chi connectivity index (χ4v) is 4.93. The van der Waals surface area contributed by atoms with Gasteiger partial charge in [-0.1, -0.05) is 18.2 Å². The maximum Gasteiger partial charge on any atom is 0.335 e. The number of methoxy groups -OCH3 is 1. The van der Waals surface area contributed by atoms with Crippen molar-refractivity contribution in [3.63, 3.8) is 0 Å². The van der Waals surface area contributed by atoms with Gasteiger partial charge >= 0.3 is 11.9 Å². The molecule has 0 saturated heterocycles. The van der Waals surface area contributed by atoms with E-state index in [4.69, 9.17) is 4.74 Å². The van der Waals surface area contributed by atoms with E-state index in [2.05, 4.69) is 72.0 Å². The number of aryl methyl sites for hydroxylation is 3. The van der Waals surface area contributed by atoms with Gasteiger partial charge < -0.3 is 18.6 Å². The molecule has 0 aliphatic heterocycles. The van der Waals surface area contributed by atoms with Gasteiger partial charge in [-0.05, 0) is 71.6 Å². The first-order chi connectivity index (χ1) is 18.8. The summed E-state index contributed by atoms with van der Waals surface area (Å²) in [4.78, 5) is 20.9. The molecule has 0 aliphatic rings. The van der Waals surface area contributed by atoms with E-state index in [1.54, 1.807) is 19.2 Å². The summed E-state index contributed by atoms with van der Waals surface area (Å²) in [6, 6.07) is 20.0. The predicted molar refractivity (Wildman–Crippen MR) is 149 cm³/mol. The Bertz CT molecular complexity index is 1910. The Morgan fingerprint density at radius 3 is 2.08 bits per heavy atom. The average Bonchev–Trinajstić information content (AvgIpc) is 2.88. The van der Waals surface area contributed by atoms with E-state index < -0.39 is 22.3 Å². The van der Waals surface area contributed by atoms with Crippen molar-refractivity contribution in [1.82, 2.24) is 0 Å². The number of carboxylic acids is 1. The number of benzene rings is 3. The number of pyridine rings is 2. The molecule has 0 amide bonds. The molecular weight excluding hydrogens is 534 g/mol. The van der Waals surface area contributed by atoms with E-state index in [0.29, 0.717) is 0 Å². The quantitative estimate of drug-likeness (QED) is 0.106. The SMILES string of the molecule is CC(=O)OS(=O)(=O)[O-].COc1cc2cc[n+]3c(C)c4cc(C)c(C)cc4cc3c2cc1-c1ccc(C(=O)O)cc1. The minimum Gasteiger partial charge on any atom is -0.716 e. The molecule has 0 aliphatic carbocycles. The molecule has 9 nitrogen and oxygen atoms in total. The van der Waals surface area contributed by atoms with Gasteiger partial charge in [-0.3, -0.25) is 4.79 Å². The summed E-state index contributed by atoms with van der Waals surface area (Å²) < 4.78 is 39.5. The van der Waals surface area contributed by atoms with Crippen molar-refractivity contribution in [2.45, 2.75) is 27.7 Å². The Kier molecular flexibility index (Phi) is 7.77. The van der Waals surface area contributed by atoms with Crippen LogP contribution in [-0.4, -0.2) is 37.1 Å². The highest BCUT2D eigenvalue weighted by molar-refractivity contribution is 7.81. The first-order valence-electron chi connectivity index (χ1n) is 12.2. The molecule has 40 heavy (non-hydrogen) atoms. The number of carbonyl (C=O) groups is 2. The second-order valence-electron chi connectivity index (χ2n) is 9.33. The third kappa shape index (κ3) is 5.88. The molecule has 2 heterocycles. The summed E-state index contributed by atoms with van der Waals surface area (Å²) in [6.45, 7) is 7.28. The first-order valence-corrected chi connectivity index (χ1v) is 13.5. The summed E-state index contributed by atoms with van der Waals surface area (Å²) in [5, 5.41) is 13.9. The number of nitrogens with zero attached hydrogens (tertiary/aromatic N) is 1. The van der Waals surface area contributed by atoms with Gasteiger partial charge in [0.05, 0.1) is 18.1 Å².